The van der Waals surface area contributed by atoms with Gasteiger partial charge in [-0.15, -0.1) is 0 Å². The van der Waals surface area contributed by atoms with Crippen molar-refractivity contribution < 1.29 is 14.0 Å². The zero-order chi connectivity index (χ0) is 17.6. The first kappa shape index (κ1) is 16.1. The molecule has 1 atom stereocenters. The Morgan fingerprint density at radius 1 is 1.24 bits per heavy atom. The van der Waals surface area contributed by atoms with Gasteiger partial charge in [0.05, 0.1) is 16.6 Å². The van der Waals surface area contributed by atoms with E-state index in [2.05, 4.69) is 4.98 Å². The van der Waals surface area contributed by atoms with Crippen LogP contribution in [0, 0.1) is 5.92 Å². The van der Waals surface area contributed by atoms with Crippen LogP contribution in [0.15, 0.2) is 46.9 Å². The first-order valence-corrected chi connectivity index (χ1v) is 8.44. The Labute approximate surface area is 153 Å². The zero-order valence-electron chi connectivity index (χ0n) is 12.9. The molecule has 0 unspecified atom stereocenters. The third kappa shape index (κ3) is 2.90. The van der Waals surface area contributed by atoms with Gasteiger partial charge in [0.2, 0.25) is 17.0 Å². The largest absolute Gasteiger partial charge is 0.436 e. The van der Waals surface area contributed by atoms with Crippen LogP contribution >= 0.6 is 23.2 Å². The molecule has 0 aliphatic carbocycles. The van der Waals surface area contributed by atoms with E-state index in [4.69, 9.17) is 27.6 Å². The van der Waals surface area contributed by atoms with Gasteiger partial charge in [-0.1, -0.05) is 23.7 Å². The van der Waals surface area contributed by atoms with Crippen molar-refractivity contribution in [1.82, 2.24) is 4.98 Å². The highest BCUT2D eigenvalue weighted by atomic mass is 35.5. The van der Waals surface area contributed by atoms with E-state index in [0.29, 0.717) is 27.7 Å². The van der Waals surface area contributed by atoms with E-state index < -0.39 is 11.2 Å². The van der Waals surface area contributed by atoms with Crippen LogP contribution < -0.4 is 4.90 Å². The maximum absolute atomic E-state index is 12.2. The second-order valence-electron chi connectivity index (χ2n) is 5.86. The molecule has 126 valence electrons. The first-order chi connectivity index (χ1) is 12.0. The number of aromatic nitrogens is 1. The lowest BCUT2D eigenvalue weighted by Gasteiger charge is -2.18. The van der Waals surface area contributed by atoms with E-state index in [1.807, 2.05) is 24.3 Å². The molecular weight excluding hydrogens is 363 g/mol. The van der Waals surface area contributed by atoms with Gasteiger partial charge in [0.25, 0.3) is 0 Å². The molecule has 0 saturated carbocycles. The highest BCUT2D eigenvalue weighted by Crippen LogP contribution is 2.35. The second-order valence-corrected chi connectivity index (χ2v) is 6.64. The van der Waals surface area contributed by atoms with Gasteiger partial charge < -0.3 is 9.32 Å². The van der Waals surface area contributed by atoms with Crippen molar-refractivity contribution in [2.24, 2.45) is 5.92 Å². The lowest BCUT2D eigenvalue weighted by atomic mass is 10.1. The maximum atomic E-state index is 12.2. The summed E-state index contributed by atoms with van der Waals surface area (Å²) in [5.41, 5.74) is 2.65. The molecule has 1 aliphatic rings. The van der Waals surface area contributed by atoms with E-state index in [1.165, 1.54) is 4.90 Å². The first-order valence-electron chi connectivity index (χ1n) is 7.68. The Kier molecular flexibility index (Phi) is 3.98. The number of para-hydroxylation sites is 2. The van der Waals surface area contributed by atoms with E-state index in [9.17, 15) is 9.59 Å². The standard InChI is InChI=1S/C18H12Cl2N2O3/c19-12-6-5-10(18-21-13-3-1-2-4-15(13)25-18)7-14(12)22-9-11(17(20)24)8-16(22)23/h1-7,11H,8-9H2/t11-/m1/s1. The molecular formula is C18H12Cl2N2O3. The summed E-state index contributed by atoms with van der Waals surface area (Å²) in [4.78, 5) is 29.6. The maximum Gasteiger partial charge on any atom is 0.227 e. The summed E-state index contributed by atoms with van der Waals surface area (Å²) in [7, 11) is 0. The number of hydrogen-bond donors (Lipinski definition) is 0. The number of hydrogen-bond acceptors (Lipinski definition) is 4. The predicted octanol–water partition coefficient (Wildman–Crippen LogP) is 4.27. The smallest absolute Gasteiger partial charge is 0.227 e. The number of rotatable bonds is 3. The normalized spacial score (nSPS) is 17.4. The number of carbonyl (C=O) groups excluding carboxylic acids is 2. The summed E-state index contributed by atoms with van der Waals surface area (Å²) in [6.07, 6.45) is 0.0891. The molecule has 1 aromatic heterocycles. The van der Waals surface area contributed by atoms with Gasteiger partial charge in [-0.25, -0.2) is 4.98 Å². The van der Waals surface area contributed by atoms with Crippen molar-refractivity contribution in [3.05, 3.63) is 47.5 Å². The molecule has 2 heterocycles. The molecule has 25 heavy (non-hydrogen) atoms. The van der Waals surface area contributed by atoms with Crippen LogP contribution in [0.5, 0.6) is 0 Å². The number of carbonyl (C=O) groups is 2. The van der Waals surface area contributed by atoms with Crippen molar-refractivity contribution in [3.8, 4) is 11.5 Å². The number of amides is 1. The summed E-state index contributed by atoms with van der Waals surface area (Å²) in [5, 5.41) is -0.0991. The minimum atomic E-state index is -0.516. The Hall–Kier alpha value is -2.37. The lowest BCUT2D eigenvalue weighted by molar-refractivity contribution is -0.120. The van der Waals surface area contributed by atoms with Gasteiger partial charge in [-0.05, 0) is 41.9 Å². The Morgan fingerprint density at radius 3 is 2.76 bits per heavy atom. The predicted molar refractivity (Wildman–Crippen MR) is 95.8 cm³/mol. The third-order valence-electron chi connectivity index (χ3n) is 4.22. The average molecular weight is 375 g/mol. The molecule has 0 N–H and O–H groups in total. The van der Waals surface area contributed by atoms with Crippen LogP contribution in [0.2, 0.25) is 5.02 Å². The highest BCUT2D eigenvalue weighted by Gasteiger charge is 2.35. The van der Waals surface area contributed by atoms with Crippen molar-refractivity contribution >= 4 is 51.1 Å². The zero-order valence-corrected chi connectivity index (χ0v) is 14.4. The monoisotopic (exact) mass is 374 g/mol. The number of fused-ring (bicyclic) bond motifs is 1. The quantitative estimate of drug-likeness (QED) is 0.642. The topological polar surface area (TPSA) is 63.4 Å². The number of nitrogens with zero attached hydrogens (tertiary/aromatic N) is 2. The van der Waals surface area contributed by atoms with E-state index in [1.54, 1.807) is 18.2 Å². The van der Waals surface area contributed by atoms with Crippen LogP contribution in [0.3, 0.4) is 0 Å². The van der Waals surface area contributed by atoms with Gasteiger partial charge in [0.1, 0.15) is 5.52 Å². The molecule has 3 aromatic rings. The number of benzene rings is 2. The molecule has 1 fully saturated rings. The Morgan fingerprint density at radius 2 is 2.04 bits per heavy atom. The summed E-state index contributed by atoms with van der Waals surface area (Å²) in [6.45, 7) is 0.220. The minimum absolute atomic E-state index is 0.0891. The molecule has 2 aromatic carbocycles. The summed E-state index contributed by atoms with van der Waals surface area (Å²) in [5.74, 6) is -0.260. The highest BCUT2D eigenvalue weighted by molar-refractivity contribution is 6.64. The van der Waals surface area contributed by atoms with E-state index in [0.717, 1.165) is 5.52 Å². The van der Waals surface area contributed by atoms with Crippen LogP contribution in [0.1, 0.15) is 6.42 Å². The number of oxazole rings is 1. The summed E-state index contributed by atoms with van der Waals surface area (Å²) in [6, 6.07) is 12.7. The Bertz CT molecular complexity index is 966. The van der Waals surface area contributed by atoms with Crippen LogP contribution in [-0.4, -0.2) is 22.7 Å². The molecule has 1 amide bonds. The third-order valence-corrected chi connectivity index (χ3v) is 4.85. The van der Waals surface area contributed by atoms with Crippen molar-refractivity contribution in [1.29, 1.82) is 0 Å². The fraction of sp³-hybridized carbons (Fsp3) is 0.167. The van der Waals surface area contributed by atoms with Crippen LogP contribution in [0.25, 0.3) is 22.6 Å². The van der Waals surface area contributed by atoms with E-state index >= 15 is 0 Å². The second kappa shape index (κ2) is 6.17. The lowest BCUT2D eigenvalue weighted by Crippen LogP contribution is -2.25. The molecule has 4 rings (SSSR count). The van der Waals surface area contributed by atoms with Crippen LogP contribution in [0.4, 0.5) is 5.69 Å². The Balaban J connectivity index is 1.74. The fourth-order valence-corrected chi connectivity index (χ4v) is 3.31. The summed E-state index contributed by atoms with van der Waals surface area (Å²) >= 11 is 11.8. The minimum Gasteiger partial charge on any atom is -0.436 e. The molecule has 7 heteroatoms. The van der Waals surface area contributed by atoms with Gasteiger partial charge in [0, 0.05) is 18.5 Å². The van der Waals surface area contributed by atoms with Crippen molar-refractivity contribution in [2.75, 3.05) is 11.4 Å². The SMILES string of the molecule is O=C(Cl)[C@@H]1CC(=O)N(c2cc(-c3nc4ccccc4o3)ccc2Cl)C1. The molecule has 0 radical (unpaired) electrons. The van der Waals surface area contributed by atoms with Crippen molar-refractivity contribution in [3.63, 3.8) is 0 Å². The molecule has 0 bridgehead atoms. The van der Waals surface area contributed by atoms with Crippen molar-refractivity contribution in [2.45, 2.75) is 6.42 Å². The molecule has 1 aliphatic heterocycles. The van der Waals surface area contributed by atoms with E-state index in [-0.39, 0.29) is 18.9 Å². The molecule has 1 saturated heterocycles. The van der Waals surface area contributed by atoms with Gasteiger partial charge >= 0.3 is 0 Å². The number of halogens is 2. The summed E-state index contributed by atoms with van der Waals surface area (Å²) < 4.78 is 5.76. The molecule has 5 nitrogen and oxygen atoms in total. The van der Waals surface area contributed by atoms with Gasteiger partial charge in [-0.2, -0.15) is 0 Å². The average Bonchev–Trinajstić information content (AvgIpc) is 3.19. The van der Waals surface area contributed by atoms with Gasteiger partial charge in [0.15, 0.2) is 5.58 Å². The van der Waals surface area contributed by atoms with Crippen LogP contribution in [-0.2, 0) is 9.59 Å². The van der Waals surface area contributed by atoms with Gasteiger partial charge in [-0.3, -0.25) is 9.59 Å². The fourth-order valence-electron chi connectivity index (χ4n) is 2.94. The number of anilines is 1. The molecule has 0 spiro atoms.